The van der Waals surface area contributed by atoms with E-state index in [9.17, 15) is 14.7 Å². The number of phenolic OH excluding ortho intramolecular Hbond substituents is 1. The van der Waals surface area contributed by atoms with E-state index in [0.717, 1.165) is 76.8 Å². The third-order valence-corrected chi connectivity index (χ3v) is 8.51. The third kappa shape index (κ3) is 14.1. The number of benzene rings is 2. The second kappa shape index (κ2) is 23.2. The molecule has 0 unspecified atom stereocenters. The number of hydrogen-bond donors (Lipinski definition) is 8. The number of hydrogen-bond acceptors (Lipinski definition) is 13. The van der Waals surface area contributed by atoms with Gasteiger partial charge in [0, 0.05) is 61.3 Å². The summed E-state index contributed by atoms with van der Waals surface area (Å²) in [5.41, 5.74) is 1.93. The average Bonchev–Trinajstić information content (AvgIpc) is 3.06. The zero-order valence-electron chi connectivity index (χ0n) is 30.5. The van der Waals surface area contributed by atoms with Crippen molar-refractivity contribution in [1.29, 1.82) is 0 Å². The monoisotopic (exact) mass is 741 g/mol. The number of aromatic hydroxyl groups is 1. The van der Waals surface area contributed by atoms with E-state index in [1.165, 1.54) is 25.3 Å². The van der Waals surface area contributed by atoms with Gasteiger partial charge in [-0.1, -0.05) is 33.1 Å². The van der Waals surface area contributed by atoms with Crippen LogP contribution in [0.15, 0.2) is 42.5 Å². The van der Waals surface area contributed by atoms with E-state index in [4.69, 9.17) is 15.0 Å². The Kier molecular flexibility index (Phi) is 21.3. The van der Waals surface area contributed by atoms with E-state index in [2.05, 4.69) is 39.6 Å². The maximum Gasteiger partial charge on any atom is 0.255 e. The van der Waals surface area contributed by atoms with Gasteiger partial charge in [-0.25, -0.2) is 0 Å². The number of amides is 2. The molecule has 2 fully saturated rings. The second-order valence-corrected chi connectivity index (χ2v) is 12.8. The molecule has 15 nitrogen and oxygen atoms in total. The molecule has 5 rings (SSSR count). The highest BCUT2D eigenvalue weighted by atomic mass is 35.5. The number of phenols is 1. The lowest BCUT2D eigenvalue weighted by atomic mass is 10.0. The number of nitrogens with zero attached hydrogens (tertiary/aromatic N) is 5. The minimum Gasteiger partial charge on any atom is -0.506 e. The van der Waals surface area contributed by atoms with Gasteiger partial charge >= 0.3 is 0 Å². The molecule has 0 radical (unpaired) electrons. The van der Waals surface area contributed by atoms with Crippen LogP contribution in [-0.4, -0.2) is 58.1 Å². The quantitative estimate of drug-likeness (QED) is 0.0600. The standard InChI is InChI=1S/C35H48N8O3.ClH.4H3N.4H2/c1-25(2)12-6-3-7-13-31(45)36-28-18-19-29(30(44)24-28)38-32(46)26-14-16-27(17-15-26)37-33-39-34(42-20-8-4-9-21-42)41-35(40-33)43-22-10-5-11-23-43;;;;;;;;;/h14-19,24-25,44H,3-13,20-23H2,1-2H3,(H,36,45)(H,38,46)(H,37,39,40,41);1H;4*1H3;4*1H. The number of carbonyl (C=O) groups excluding carboxylic acids is 2. The van der Waals surface area contributed by atoms with Crippen LogP contribution in [0.4, 0.5) is 34.9 Å². The van der Waals surface area contributed by atoms with Gasteiger partial charge in [-0.05, 0) is 87.3 Å². The van der Waals surface area contributed by atoms with Gasteiger partial charge in [0.2, 0.25) is 23.8 Å². The molecule has 3 heterocycles. The van der Waals surface area contributed by atoms with Crippen LogP contribution in [0.3, 0.4) is 0 Å². The summed E-state index contributed by atoms with van der Waals surface area (Å²) in [5.74, 6) is 2.00. The highest BCUT2D eigenvalue weighted by Crippen LogP contribution is 2.28. The summed E-state index contributed by atoms with van der Waals surface area (Å²) < 4.78 is 0. The fourth-order valence-electron chi connectivity index (χ4n) is 5.86. The third-order valence-electron chi connectivity index (χ3n) is 8.51. The van der Waals surface area contributed by atoms with Crippen molar-refractivity contribution in [3.8, 4) is 5.75 Å². The Morgan fingerprint density at radius 3 is 1.82 bits per heavy atom. The summed E-state index contributed by atoms with van der Waals surface area (Å²) >= 11 is 0. The van der Waals surface area contributed by atoms with Crippen molar-refractivity contribution in [2.75, 3.05) is 51.9 Å². The molecule has 0 bridgehead atoms. The van der Waals surface area contributed by atoms with Crippen molar-refractivity contribution in [1.82, 2.24) is 39.6 Å². The van der Waals surface area contributed by atoms with Crippen LogP contribution in [0.1, 0.15) is 101 Å². The van der Waals surface area contributed by atoms with E-state index >= 15 is 0 Å². The Hall–Kier alpha value is -4.28. The first-order valence-electron chi connectivity index (χ1n) is 16.9. The predicted molar refractivity (Wildman–Crippen MR) is 220 cm³/mol. The van der Waals surface area contributed by atoms with Crippen LogP contribution in [0.2, 0.25) is 0 Å². The molecule has 0 atom stereocenters. The molecular weight excluding hydrogens is 672 g/mol. The van der Waals surface area contributed by atoms with Crippen LogP contribution < -0.4 is 50.4 Å². The average molecular weight is 741 g/mol. The molecular formula is C35H69ClN12O3. The van der Waals surface area contributed by atoms with Gasteiger partial charge < -0.3 is 55.5 Å². The molecule has 51 heavy (non-hydrogen) atoms. The van der Waals surface area contributed by atoms with E-state index < -0.39 is 0 Å². The zero-order chi connectivity index (χ0) is 32.3. The molecule has 294 valence electrons. The Morgan fingerprint density at radius 1 is 0.745 bits per heavy atom. The van der Waals surface area contributed by atoms with Crippen LogP contribution >= 0.6 is 12.4 Å². The van der Waals surface area contributed by atoms with Crippen molar-refractivity contribution in [3.63, 3.8) is 0 Å². The normalized spacial score (nSPS) is 13.6. The number of carbonyl (C=O) groups is 2. The summed E-state index contributed by atoms with van der Waals surface area (Å²) in [5, 5.41) is 19.4. The van der Waals surface area contributed by atoms with Crippen LogP contribution in [0.5, 0.6) is 5.75 Å². The van der Waals surface area contributed by atoms with Crippen molar-refractivity contribution >= 4 is 59.1 Å². The first-order chi connectivity index (χ1) is 22.3. The Labute approximate surface area is 314 Å². The minimum atomic E-state index is -0.361. The van der Waals surface area contributed by atoms with E-state index in [0.29, 0.717) is 41.4 Å². The fraction of sp³-hybridized carbons (Fsp3) is 0.514. The summed E-state index contributed by atoms with van der Waals surface area (Å²) in [6.07, 6.45) is 11.6. The van der Waals surface area contributed by atoms with Crippen molar-refractivity contribution in [2.24, 2.45) is 5.92 Å². The maximum absolute atomic E-state index is 13.0. The predicted octanol–water partition coefficient (Wildman–Crippen LogP) is 9.15. The number of aromatic nitrogens is 3. The summed E-state index contributed by atoms with van der Waals surface area (Å²) in [6, 6.07) is 11.7. The molecule has 1 aromatic heterocycles. The maximum atomic E-state index is 13.0. The molecule has 0 saturated carbocycles. The molecule has 0 aliphatic carbocycles. The second-order valence-electron chi connectivity index (χ2n) is 12.8. The molecule has 2 saturated heterocycles. The molecule has 3 aromatic rings. The molecule has 16 N–H and O–H groups in total. The van der Waals surface area contributed by atoms with Crippen molar-refractivity contribution in [2.45, 2.75) is 84.5 Å². The lowest BCUT2D eigenvalue weighted by Crippen LogP contribution is -2.34. The molecule has 16 heteroatoms. The molecule has 2 aromatic carbocycles. The molecule has 2 amide bonds. The van der Waals surface area contributed by atoms with Crippen molar-refractivity contribution in [3.05, 3.63) is 48.0 Å². The van der Waals surface area contributed by atoms with E-state index in [1.54, 1.807) is 36.4 Å². The Morgan fingerprint density at radius 2 is 1.29 bits per heavy atom. The Bertz CT molecular complexity index is 1450. The Balaban J connectivity index is -0.000000926. The number of nitrogens with one attached hydrogen (secondary N) is 3. The number of piperidine rings is 2. The summed E-state index contributed by atoms with van der Waals surface area (Å²) in [4.78, 5) is 44.1. The van der Waals surface area contributed by atoms with Gasteiger partial charge in [0.1, 0.15) is 5.75 Å². The smallest absolute Gasteiger partial charge is 0.255 e. The largest absolute Gasteiger partial charge is 0.506 e. The van der Waals surface area contributed by atoms with Gasteiger partial charge in [0.15, 0.2) is 0 Å². The van der Waals surface area contributed by atoms with Crippen molar-refractivity contribution < 1.29 is 20.4 Å². The number of rotatable bonds is 13. The molecule has 2 aliphatic heterocycles. The first kappa shape index (κ1) is 46.7. The van der Waals surface area contributed by atoms with Gasteiger partial charge in [-0.15, -0.1) is 12.4 Å². The van der Waals surface area contributed by atoms with Crippen LogP contribution in [0, 0.1) is 5.92 Å². The zero-order valence-corrected chi connectivity index (χ0v) is 31.3. The number of halogens is 1. The molecule has 2 aliphatic rings. The lowest BCUT2D eigenvalue weighted by molar-refractivity contribution is -0.116. The van der Waals surface area contributed by atoms with E-state index in [1.807, 2.05) is 0 Å². The van der Waals surface area contributed by atoms with Gasteiger partial charge in [0.25, 0.3) is 5.91 Å². The fourth-order valence-corrected chi connectivity index (χ4v) is 5.86. The van der Waals surface area contributed by atoms with E-state index in [-0.39, 0.29) is 66.0 Å². The SMILES string of the molecule is CC(C)CCCCCC(=O)Nc1ccc(NC(=O)c2ccc(Nc3nc(N4CCCCC4)nc(N4CCCCC4)n3)cc2)c(O)c1.Cl.N.N.N.N.[HH].[HH].[HH].[HH]. The first-order valence-corrected chi connectivity index (χ1v) is 16.9. The summed E-state index contributed by atoms with van der Waals surface area (Å²) in [7, 11) is 0. The van der Waals surface area contributed by atoms with Gasteiger partial charge in [-0.2, -0.15) is 15.0 Å². The number of anilines is 6. The molecule has 0 spiro atoms. The lowest BCUT2D eigenvalue weighted by Gasteiger charge is -2.30. The minimum absolute atomic E-state index is 0. The highest BCUT2D eigenvalue weighted by molar-refractivity contribution is 6.05. The van der Waals surface area contributed by atoms with Crippen LogP contribution in [-0.2, 0) is 4.79 Å². The van der Waals surface area contributed by atoms with Gasteiger partial charge in [-0.3, -0.25) is 9.59 Å². The highest BCUT2D eigenvalue weighted by Gasteiger charge is 2.21. The number of unbranched alkanes of at least 4 members (excludes halogenated alkanes) is 2. The summed E-state index contributed by atoms with van der Waals surface area (Å²) in [6.45, 7) is 8.18. The topological polar surface area (TPSA) is 276 Å². The van der Waals surface area contributed by atoms with Crippen LogP contribution in [0.25, 0.3) is 0 Å². The van der Waals surface area contributed by atoms with Gasteiger partial charge in [0.05, 0.1) is 5.69 Å².